The van der Waals surface area contributed by atoms with E-state index in [9.17, 15) is 8.42 Å². The van der Waals surface area contributed by atoms with Crippen molar-refractivity contribution in [2.45, 2.75) is 5.03 Å². The Balaban J connectivity index is 2.49. The van der Waals surface area contributed by atoms with E-state index in [-0.39, 0.29) is 10.2 Å². The lowest BCUT2D eigenvalue weighted by Crippen LogP contribution is -2.27. The molecule has 0 spiro atoms. The molecule has 0 amide bonds. The number of imidazole rings is 1. The molecule has 0 fully saturated rings. The first-order valence-corrected chi connectivity index (χ1v) is 7.35. The highest BCUT2D eigenvalue weighted by Gasteiger charge is 2.27. The molecule has 0 atom stereocenters. The first-order valence-electron chi connectivity index (χ1n) is 5.54. The number of anilines is 1. The van der Waals surface area contributed by atoms with E-state index >= 15 is 0 Å². The van der Waals surface area contributed by atoms with Gasteiger partial charge in [0.25, 0.3) is 10.0 Å². The maximum absolute atomic E-state index is 12.4. The summed E-state index contributed by atoms with van der Waals surface area (Å²) in [5.41, 5.74) is 0.738. The Morgan fingerprint density at radius 3 is 2.70 bits per heavy atom. The molecule has 1 aromatic carbocycles. The van der Waals surface area contributed by atoms with E-state index in [2.05, 4.69) is 4.98 Å². The summed E-state index contributed by atoms with van der Waals surface area (Å²) in [4.78, 5) is 3.81. The predicted octanol–water partition coefficient (Wildman–Crippen LogP) is 1.77. The number of hydrogen-bond acceptors (Lipinski definition) is 4. The van der Waals surface area contributed by atoms with Gasteiger partial charge in [0, 0.05) is 14.1 Å². The van der Waals surface area contributed by atoms with Crippen molar-refractivity contribution in [1.82, 2.24) is 9.55 Å². The smallest absolute Gasteiger partial charge is 0.284 e. The molecule has 0 saturated carbocycles. The van der Waals surface area contributed by atoms with Crippen molar-refractivity contribution in [2.24, 2.45) is 7.05 Å². The van der Waals surface area contributed by atoms with Gasteiger partial charge in [-0.2, -0.15) is 13.7 Å². The van der Waals surface area contributed by atoms with Crippen LogP contribution < -0.4 is 4.31 Å². The molecule has 1 aromatic heterocycles. The van der Waals surface area contributed by atoms with Crippen LogP contribution in [0.2, 0.25) is 5.15 Å². The number of sulfonamides is 1. The molecule has 104 valence electrons. The van der Waals surface area contributed by atoms with Crippen molar-refractivity contribution in [3.63, 3.8) is 0 Å². The van der Waals surface area contributed by atoms with Gasteiger partial charge in [0.05, 0.1) is 23.6 Å². The van der Waals surface area contributed by atoms with Crippen molar-refractivity contribution in [3.8, 4) is 6.07 Å². The highest BCUT2D eigenvalue weighted by molar-refractivity contribution is 7.92. The normalized spacial score (nSPS) is 11.1. The Labute approximate surface area is 121 Å². The van der Waals surface area contributed by atoms with Crippen LogP contribution in [0.25, 0.3) is 0 Å². The zero-order valence-corrected chi connectivity index (χ0v) is 12.4. The third-order valence-corrected chi connectivity index (χ3v) is 5.06. The second-order valence-electron chi connectivity index (χ2n) is 4.09. The molecule has 0 aliphatic rings. The summed E-state index contributed by atoms with van der Waals surface area (Å²) < 4.78 is 27.4. The van der Waals surface area contributed by atoms with Crippen LogP contribution in [0.3, 0.4) is 0 Å². The third kappa shape index (κ3) is 2.35. The first-order chi connectivity index (χ1) is 9.37. The second-order valence-corrected chi connectivity index (χ2v) is 6.33. The van der Waals surface area contributed by atoms with E-state index in [1.807, 2.05) is 6.07 Å². The van der Waals surface area contributed by atoms with E-state index in [1.165, 1.54) is 24.0 Å². The minimum Gasteiger partial charge on any atom is -0.324 e. The summed E-state index contributed by atoms with van der Waals surface area (Å²) in [7, 11) is -0.879. The van der Waals surface area contributed by atoms with E-state index in [1.54, 1.807) is 25.2 Å². The molecular formula is C12H11ClN4O2S. The highest BCUT2D eigenvalue weighted by atomic mass is 35.5. The van der Waals surface area contributed by atoms with Crippen LogP contribution in [0.15, 0.2) is 35.6 Å². The number of rotatable bonds is 3. The first kappa shape index (κ1) is 14.4. The number of nitriles is 1. The lowest BCUT2D eigenvalue weighted by molar-refractivity contribution is 0.591. The quantitative estimate of drug-likeness (QED) is 0.865. The van der Waals surface area contributed by atoms with Gasteiger partial charge in [-0.15, -0.1) is 0 Å². The molecule has 0 bridgehead atoms. The molecule has 0 aliphatic heterocycles. The minimum absolute atomic E-state index is 0.0355. The van der Waals surface area contributed by atoms with Gasteiger partial charge in [-0.1, -0.05) is 17.7 Å². The van der Waals surface area contributed by atoms with Crippen LogP contribution >= 0.6 is 11.6 Å². The number of nitrogens with zero attached hydrogens (tertiary/aromatic N) is 4. The van der Waals surface area contributed by atoms with Crippen molar-refractivity contribution in [2.75, 3.05) is 11.4 Å². The third-order valence-electron chi connectivity index (χ3n) is 2.78. The summed E-state index contributed by atoms with van der Waals surface area (Å²) in [6, 6.07) is 8.24. The largest absolute Gasteiger partial charge is 0.324 e. The molecule has 1 heterocycles. The Morgan fingerprint density at radius 1 is 1.45 bits per heavy atom. The highest BCUT2D eigenvalue weighted by Crippen LogP contribution is 2.26. The zero-order chi connectivity index (χ0) is 14.9. The van der Waals surface area contributed by atoms with Gasteiger partial charge < -0.3 is 4.57 Å². The van der Waals surface area contributed by atoms with Crippen molar-refractivity contribution in [3.05, 3.63) is 41.3 Å². The van der Waals surface area contributed by atoms with Crippen LogP contribution in [-0.4, -0.2) is 25.0 Å². The lowest BCUT2D eigenvalue weighted by atomic mass is 10.2. The SMILES string of the molecule is CN(c1cccc(C#N)c1)S(=O)(=O)c1ncn(C)c1Cl. The van der Waals surface area contributed by atoms with E-state index in [0.717, 1.165) is 4.31 Å². The molecular weight excluding hydrogens is 300 g/mol. The number of halogens is 1. The second kappa shape index (κ2) is 5.15. The average Bonchev–Trinajstić information content (AvgIpc) is 2.78. The number of aryl methyl sites for hydroxylation is 1. The molecule has 0 saturated heterocycles. The molecule has 8 heteroatoms. The molecule has 6 nitrogen and oxygen atoms in total. The lowest BCUT2D eigenvalue weighted by Gasteiger charge is -2.18. The molecule has 0 unspecified atom stereocenters. The molecule has 0 N–H and O–H groups in total. The standard InChI is InChI=1S/C12H11ClN4O2S/c1-16-8-15-12(11(16)13)20(18,19)17(2)10-5-3-4-9(6-10)7-14/h3-6,8H,1-2H3. The van der Waals surface area contributed by atoms with E-state index in [0.29, 0.717) is 11.3 Å². The average molecular weight is 311 g/mol. The Kier molecular flexibility index (Phi) is 3.70. The summed E-state index contributed by atoms with van der Waals surface area (Å²) in [6.07, 6.45) is 1.33. The maximum atomic E-state index is 12.4. The van der Waals surface area contributed by atoms with Gasteiger partial charge in [-0.25, -0.2) is 4.98 Å². The number of hydrogen-bond donors (Lipinski definition) is 0. The van der Waals surface area contributed by atoms with Crippen molar-refractivity contribution in [1.29, 1.82) is 5.26 Å². The van der Waals surface area contributed by atoms with Gasteiger partial charge >= 0.3 is 0 Å². The van der Waals surface area contributed by atoms with Crippen LogP contribution in [0.5, 0.6) is 0 Å². The predicted molar refractivity (Wildman–Crippen MR) is 75.0 cm³/mol. The van der Waals surface area contributed by atoms with Gasteiger partial charge in [0.2, 0.25) is 5.03 Å². The van der Waals surface area contributed by atoms with E-state index < -0.39 is 10.0 Å². The fourth-order valence-corrected chi connectivity index (χ4v) is 3.18. The van der Waals surface area contributed by atoms with E-state index in [4.69, 9.17) is 16.9 Å². The molecule has 20 heavy (non-hydrogen) atoms. The number of aromatic nitrogens is 2. The molecule has 0 aliphatic carbocycles. The van der Waals surface area contributed by atoms with Gasteiger partial charge in [-0.3, -0.25) is 4.31 Å². The zero-order valence-electron chi connectivity index (χ0n) is 10.8. The maximum Gasteiger partial charge on any atom is 0.284 e. The number of benzene rings is 1. The van der Waals surface area contributed by atoms with Gasteiger partial charge in [-0.05, 0) is 18.2 Å². The monoisotopic (exact) mass is 310 g/mol. The summed E-state index contributed by atoms with van der Waals surface area (Å²) in [5.74, 6) is 0. The minimum atomic E-state index is -3.87. The molecule has 2 aromatic rings. The Morgan fingerprint density at radius 2 is 2.15 bits per heavy atom. The van der Waals surface area contributed by atoms with Gasteiger partial charge in [0.1, 0.15) is 5.15 Å². The topological polar surface area (TPSA) is 79.0 Å². The van der Waals surface area contributed by atoms with Crippen LogP contribution in [-0.2, 0) is 17.1 Å². The Hall–Kier alpha value is -2.04. The molecule has 2 rings (SSSR count). The summed E-state index contributed by atoms with van der Waals surface area (Å²) in [6.45, 7) is 0. The fraction of sp³-hybridized carbons (Fsp3) is 0.167. The van der Waals surface area contributed by atoms with Crippen LogP contribution in [0.1, 0.15) is 5.56 Å². The Bertz CT molecular complexity index is 792. The van der Waals surface area contributed by atoms with Crippen molar-refractivity contribution >= 4 is 27.3 Å². The molecule has 0 radical (unpaired) electrons. The van der Waals surface area contributed by atoms with Crippen molar-refractivity contribution < 1.29 is 8.42 Å². The summed E-state index contributed by atoms with van der Waals surface area (Å²) in [5, 5.41) is 8.68. The fourth-order valence-electron chi connectivity index (χ4n) is 1.61. The van der Waals surface area contributed by atoms with Crippen LogP contribution in [0, 0.1) is 11.3 Å². The van der Waals surface area contributed by atoms with Crippen LogP contribution in [0.4, 0.5) is 5.69 Å². The summed E-state index contributed by atoms with van der Waals surface area (Å²) >= 11 is 5.93. The van der Waals surface area contributed by atoms with Gasteiger partial charge in [0.15, 0.2) is 0 Å².